The topological polar surface area (TPSA) is 99.2 Å². The van der Waals surface area contributed by atoms with Crippen LogP contribution >= 0.6 is 0 Å². The molecule has 0 spiro atoms. The lowest BCUT2D eigenvalue weighted by Crippen LogP contribution is -2.44. The van der Waals surface area contributed by atoms with Crippen LogP contribution < -0.4 is 20.0 Å². The first-order valence-electron chi connectivity index (χ1n) is 13.7. The van der Waals surface area contributed by atoms with Gasteiger partial charge in [0, 0.05) is 68.4 Å². The quantitative estimate of drug-likeness (QED) is 0.473. The lowest BCUT2D eigenvalue weighted by Gasteiger charge is -2.34. The second-order valence-electron chi connectivity index (χ2n) is 11.1. The Bertz CT molecular complexity index is 1380. The molecule has 5 heterocycles. The minimum atomic E-state index is -0.379. The highest BCUT2D eigenvalue weighted by atomic mass is 16.6. The Morgan fingerprint density at radius 3 is 2.52 bits per heavy atom. The molecule has 1 amide bonds. The second-order valence-corrected chi connectivity index (χ2v) is 11.1. The van der Waals surface area contributed by atoms with Gasteiger partial charge in [0.05, 0.1) is 12.6 Å². The number of amides is 1. The van der Waals surface area contributed by atoms with E-state index in [1.165, 1.54) is 5.69 Å². The molecule has 2 atom stereocenters. The average Bonchev–Trinajstić information content (AvgIpc) is 3.45. The molecule has 6 rings (SSSR count). The lowest BCUT2D eigenvalue weighted by molar-refractivity contribution is 0.145. The maximum atomic E-state index is 12.3. The van der Waals surface area contributed by atoms with Gasteiger partial charge in [-0.1, -0.05) is 13.0 Å². The number of likely N-dealkylation sites (N-methyl/N-ethyl adjacent to an activating group) is 1. The number of fused-ring (bicyclic) bond motifs is 1. The maximum absolute atomic E-state index is 12.3. The molecular formula is C29H36N8O3. The number of rotatable bonds is 7. The zero-order chi connectivity index (χ0) is 27.9. The van der Waals surface area contributed by atoms with Crippen molar-refractivity contribution in [2.24, 2.45) is 0 Å². The first kappa shape index (κ1) is 26.3. The molecule has 0 saturated carbocycles. The molecular weight excluding hydrogens is 508 g/mol. The van der Waals surface area contributed by atoms with Gasteiger partial charge in [0.15, 0.2) is 0 Å². The van der Waals surface area contributed by atoms with Crippen LogP contribution in [0.2, 0.25) is 0 Å². The van der Waals surface area contributed by atoms with Gasteiger partial charge in [0.2, 0.25) is 5.95 Å². The minimum Gasteiger partial charge on any atom is -0.447 e. The summed E-state index contributed by atoms with van der Waals surface area (Å²) in [6, 6.07) is 14.0. The van der Waals surface area contributed by atoms with E-state index in [-0.39, 0.29) is 17.6 Å². The van der Waals surface area contributed by atoms with Crippen molar-refractivity contribution >= 4 is 40.9 Å². The Labute approximate surface area is 234 Å². The Morgan fingerprint density at radius 1 is 1.07 bits per heavy atom. The van der Waals surface area contributed by atoms with Gasteiger partial charge in [-0.3, -0.25) is 4.90 Å². The number of nitrogens with one attached hydrogen (secondary N) is 1. The van der Waals surface area contributed by atoms with E-state index in [2.05, 4.69) is 63.2 Å². The van der Waals surface area contributed by atoms with Gasteiger partial charge in [0.1, 0.15) is 24.1 Å². The molecule has 1 N–H and O–H groups in total. The van der Waals surface area contributed by atoms with Gasteiger partial charge in [-0.15, -0.1) is 0 Å². The molecule has 210 valence electrons. The number of aromatic nitrogens is 3. The van der Waals surface area contributed by atoms with Crippen molar-refractivity contribution in [3.05, 3.63) is 54.2 Å². The Balaban J connectivity index is 1.27. The molecule has 3 aromatic rings. The summed E-state index contributed by atoms with van der Waals surface area (Å²) >= 11 is 0. The van der Waals surface area contributed by atoms with Crippen LogP contribution in [0.4, 0.5) is 39.6 Å². The fraction of sp³-hybridized carbons (Fsp3) is 0.448. The Morgan fingerprint density at radius 2 is 1.82 bits per heavy atom. The zero-order valence-electron chi connectivity index (χ0n) is 23.5. The molecule has 0 bridgehead atoms. The number of piperazine rings is 1. The molecule has 2 fully saturated rings. The van der Waals surface area contributed by atoms with Gasteiger partial charge in [0.25, 0.3) is 0 Å². The van der Waals surface area contributed by atoms with Gasteiger partial charge in [-0.25, -0.2) is 14.8 Å². The molecule has 2 saturated heterocycles. The van der Waals surface area contributed by atoms with Crippen molar-refractivity contribution < 1.29 is 14.3 Å². The van der Waals surface area contributed by atoms with Crippen molar-refractivity contribution in [1.82, 2.24) is 19.9 Å². The highest BCUT2D eigenvalue weighted by Crippen LogP contribution is 2.43. The first-order chi connectivity index (χ1) is 19.3. The van der Waals surface area contributed by atoms with Crippen LogP contribution in [0.25, 0.3) is 0 Å². The predicted molar refractivity (Wildman–Crippen MR) is 155 cm³/mol. The molecule has 3 aliphatic heterocycles. The van der Waals surface area contributed by atoms with E-state index in [0.717, 1.165) is 43.2 Å². The standard InChI is InChI=1S/C29H36N8O3/c1-20-17-40-28(38)37(20)25-7-5-6-24(32-25)36-18-29(2,19-39-4)23-16-30-27(33-26(23)36)31-21-8-10-22(11-9-21)35-14-12-34(3)13-15-35/h5-11,16,20H,12-15,17-19H2,1-4H3,(H,30,31,33)/t20-,29-/m0/s1. The third-order valence-electron chi connectivity index (χ3n) is 7.96. The van der Waals surface area contributed by atoms with Crippen LogP contribution in [0.5, 0.6) is 0 Å². The minimum absolute atomic E-state index is 0.0827. The number of pyridine rings is 1. The summed E-state index contributed by atoms with van der Waals surface area (Å²) in [6.07, 6.45) is 1.50. The van der Waals surface area contributed by atoms with Crippen LogP contribution in [0, 0.1) is 0 Å². The Kier molecular flexibility index (Phi) is 6.93. The van der Waals surface area contributed by atoms with Gasteiger partial charge < -0.3 is 29.5 Å². The van der Waals surface area contributed by atoms with Gasteiger partial charge in [-0.2, -0.15) is 4.98 Å². The maximum Gasteiger partial charge on any atom is 0.415 e. The second kappa shape index (κ2) is 10.5. The molecule has 1 aromatic carbocycles. The van der Waals surface area contributed by atoms with Crippen molar-refractivity contribution in [2.75, 3.05) is 80.1 Å². The third-order valence-corrected chi connectivity index (χ3v) is 7.96. The fourth-order valence-electron chi connectivity index (χ4n) is 5.69. The van der Waals surface area contributed by atoms with E-state index < -0.39 is 0 Å². The average molecular weight is 545 g/mol. The van der Waals surface area contributed by atoms with E-state index in [1.807, 2.05) is 31.3 Å². The first-order valence-corrected chi connectivity index (χ1v) is 13.7. The molecule has 0 unspecified atom stereocenters. The Hall–Kier alpha value is -3.96. The highest BCUT2D eigenvalue weighted by Gasteiger charge is 2.42. The van der Waals surface area contributed by atoms with Crippen molar-refractivity contribution in [2.45, 2.75) is 25.3 Å². The number of methoxy groups -OCH3 is 1. The number of benzene rings is 1. The van der Waals surface area contributed by atoms with Crippen molar-refractivity contribution in [3.63, 3.8) is 0 Å². The number of cyclic esters (lactones) is 1. The number of hydrogen-bond donors (Lipinski definition) is 1. The smallest absolute Gasteiger partial charge is 0.415 e. The van der Waals surface area contributed by atoms with Gasteiger partial charge in [-0.05, 0) is 50.4 Å². The van der Waals surface area contributed by atoms with Gasteiger partial charge >= 0.3 is 6.09 Å². The summed E-state index contributed by atoms with van der Waals surface area (Å²) in [5, 5.41) is 3.37. The molecule has 0 aliphatic carbocycles. The van der Waals surface area contributed by atoms with Crippen LogP contribution in [0.15, 0.2) is 48.7 Å². The van der Waals surface area contributed by atoms with Crippen LogP contribution in [0.3, 0.4) is 0 Å². The summed E-state index contributed by atoms with van der Waals surface area (Å²) < 4.78 is 10.8. The zero-order valence-corrected chi connectivity index (χ0v) is 23.5. The normalized spacial score (nSPS) is 22.9. The summed E-state index contributed by atoms with van der Waals surface area (Å²) in [7, 11) is 3.87. The number of anilines is 6. The summed E-state index contributed by atoms with van der Waals surface area (Å²) in [6.45, 7) is 9.76. The molecule has 2 aromatic heterocycles. The predicted octanol–water partition coefficient (Wildman–Crippen LogP) is 3.77. The summed E-state index contributed by atoms with van der Waals surface area (Å²) in [5.41, 5.74) is 2.80. The fourth-order valence-corrected chi connectivity index (χ4v) is 5.69. The number of carbonyl (C=O) groups is 1. The van der Waals surface area contributed by atoms with E-state index in [4.69, 9.17) is 19.4 Å². The van der Waals surface area contributed by atoms with Crippen LogP contribution in [-0.2, 0) is 14.9 Å². The lowest BCUT2D eigenvalue weighted by atomic mass is 9.87. The summed E-state index contributed by atoms with van der Waals surface area (Å²) in [5.74, 6) is 2.53. The monoisotopic (exact) mass is 544 g/mol. The van der Waals surface area contributed by atoms with E-state index in [0.29, 0.717) is 37.3 Å². The SMILES string of the molecule is COC[C@]1(C)CN(c2cccc(N3C(=O)OC[C@@H]3C)n2)c2nc(Nc3ccc(N4CCN(C)CC4)cc3)ncc21. The van der Waals surface area contributed by atoms with Crippen LogP contribution in [0.1, 0.15) is 19.4 Å². The molecule has 11 heteroatoms. The number of hydrogen-bond acceptors (Lipinski definition) is 10. The molecule has 0 radical (unpaired) electrons. The molecule has 11 nitrogen and oxygen atoms in total. The largest absolute Gasteiger partial charge is 0.447 e. The van der Waals surface area contributed by atoms with Crippen molar-refractivity contribution in [3.8, 4) is 0 Å². The third kappa shape index (κ3) is 4.90. The number of ether oxygens (including phenoxy) is 2. The van der Waals surface area contributed by atoms with E-state index in [1.54, 1.807) is 12.0 Å². The van der Waals surface area contributed by atoms with Crippen LogP contribution in [-0.4, -0.2) is 92.1 Å². The number of nitrogens with zero attached hydrogens (tertiary/aromatic N) is 7. The van der Waals surface area contributed by atoms with E-state index >= 15 is 0 Å². The summed E-state index contributed by atoms with van der Waals surface area (Å²) in [4.78, 5) is 35.2. The number of carbonyl (C=O) groups excluding carboxylic acids is 1. The van der Waals surface area contributed by atoms with Crippen molar-refractivity contribution in [1.29, 1.82) is 0 Å². The molecule has 3 aliphatic rings. The molecule has 40 heavy (non-hydrogen) atoms. The van der Waals surface area contributed by atoms with E-state index in [9.17, 15) is 4.79 Å². The highest BCUT2D eigenvalue weighted by molar-refractivity contribution is 5.89.